The van der Waals surface area contributed by atoms with Crippen LogP contribution in [0.1, 0.15) is 38.7 Å². The van der Waals surface area contributed by atoms with Crippen molar-refractivity contribution in [3.63, 3.8) is 0 Å². The van der Waals surface area contributed by atoms with Crippen LogP contribution in [-0.4, -0.2) is 16.0 Å². The van der Waals surface area contributed by atoms with Gasteiger partial charge in [0.05, 0.1) is 0 Å². The number of anilines is 1. The predicted molar refractivity (Wildman–Crippen MR) is 66.8 cm³/mol. The van der Waals surface area contributed by atoms with Gasteiger partial charge in [0, 0.05) is 11.6 Å². The molecule has 3 nitrogen and oxygen atoms in total. The van der Waals surface area contributed by atoms with Gasteiger partial charge >= 0.3 is 0 Å². The summed E-state index contributed by atoms with van der Waals surface area (Å²) in [6.45, 7) is 4.37. The standard InChI is InChI=1S/C12H18ClN3/c1-3-5-9-11(13)14-7-15-12(9)16-10-6-8(10)4-2/h7-8,10H,3-6H2,1-2H3,(H,14,15,16). The monoisotopic (exact) mass is 239 g/mol. The van der Waals surface area contributed by atoms with E-state index in [-0.39, 0.29) is 0 Å². The molecule has 0 radical (unpaired) electrons. The third-order valence-electron chi connectivity index (χ3n) is 3.16. The maximum Gasteiger partial charge on any atom is 0.137 e. The van der Waals surface area contributed by atoms with Crippen molar-refractivity contribution >= 4 is 17.4 Å². The van der Waals surface area contributed by atoms with Crippen LogP contribution in [-0.2, 0) is 6.42 Å². The summed E-state index contributed by atoms with van der Waals surface area (Å²) in [6, 6.07) is 0.589. The van der Waals surface area contributed by atoms with Crippen molar-refractivity contribution in [3.05, 3.63) is 17.0 Å². The Bertz CT molecular complexity index is 367. The Morgan fingerprint density at radius 3 is 2.88 bits per heavy atom. The minimum absolute atomic E-state index is 0.589. The molecule has 2 unspecified atom stereocenters. The topological polar surface area (TPSA) is 37.8 Å². The molecule has 1 aromatic rings. The zero-order valence-corrected chi connectivity index (χ0v) is 10.6. The van der Waals surface area contributed by atoms with Crippen LogP contribution in [0.15, 0.2) is 6.33 Å². The second kappa shape index (κ2) is 5.00. The number of halogens is 1. The van der Waals surface area contributed by atoms with Crippen molar-refractivity contribution in [3.8, 4) is 0 Å². The highest BCUT2D eigenvalue weighted by atomic mass is 35.5. The molecular formula is C12H18ClN3. The second-order valence-corrected chi connectivity index (χ2v) is 4.75. The zero-order valence-electron chi connectivity index (χ0n) is 9.83. The normalized spacial score (nSPS) is 23.2. The molecule has 2 atom stereocenters. The van der Waals surface area contributed by atoms with Crippen LogP contribution in [0.3, 0.4) is 0 Å². The highest BCUT2D eigenvalue weighted by Crippen LogP contribution is 2.36. The fourth-order valence-electron chi connectivity index (χ4n) is 2.04. The van der Waals surface area contributed by atoms with Gasteiger partial charge in [-0.2, -0.15) is 0 Å². The average Bonchev–Trinajstić information content (AvgIpc) is 3.02. The van der Waals surface area contributed by atoms with Gasteiger partial charge in [-0.1, -0.05) is 38.3 Å². The first-order valence-corrected chi connectivity index (χ1v) is 6.40. The predicted octanol–water partition coefficient (Wildman–Crippen LogP) is 3.29. The highest BCUT2D eigenvalue weighted by Gasteiger charge is 2.35. The molecule has 1 saturated carbocycles. The van der Waals surface area contributed by atoms with Crippen LogP contribution in [0.2, 0.25) is 5.15 Å². The van der Waals surface area contributed by atoms with E-state index in [4.69, 9.17) is 11.6 Å². The number of aromatic nitrogens is 2. The van der Waals surface area contributed by atoms with Crippen molar-refractivity contribution in [1.82, 2.24) is 9.97 Å². The molecule has 88 valence electrons. The molecule has 0 bridgehead atoms. The number of hydrogen-bond acceptors (Lipinski definition) is 3. The zero-order chi connectivity index (χ0) is 11.5. The van der Waals surface area contributed by atoms with Crippen LogP contribution in [0, 0.1) is 5.92 Å². The lowest BCUT2D eigenvalue weighted by molar-refractivity contribution is 0.771. The SMILES string of the molecule is CCCc1c(Cl)ncnc1NC1CC1CC. The first-order chi connectivity index (χ1) is 7.76. The number of nitrogens with one attached hydrogen (secondary N) is 1. The Kier molecular flexibility index (Phi) is 3.64. The van der Waals surface area contributed by atoms with E-state index in [0.717, 1.165) is 30.1 Å². The summed E-state index contributed by atoms with van der Waals surface area (Å²) in [5, 5.41) is 4.07. The average molecular weight is 240 g/mol. The molecule has 1 fully saturated rings. The van der Waals surface area contributed by atoms with Gasteiger partial charge in [0.1, 0.15) is 17.3 Å². The summed E-state index contributed by atoms with van der Waals surface area (Å²) < 4.78 is 0. The third kappa shape index (κ3) is 2.46. The lowest BCUT2D eigenvalue weighted by Gasteiger charge is -2.10. The van der Waals surface area contributed by atoms with E-state index in [1.165, 1.54) is 19.2 Å². The van der Waals surface area contributed by atoms with Crippen molar-refractivity contribution < 1.29 is 0 Å². The van der Waals surface area contributed by atoms with Gasteiger partial charge in [-0.25, -0.2) is 9.97 Å². The molecule has 1 aromatic heterocycles. The molecule has 0 spiro atoms. The number of rotatable bonds is 5. The maximum absolute atomic E-state index is 6.09. The van der Waals surface area contributed by atoms with Gasteiger partial charge in [-0.3, -0.25) is 0 Å². The van der Waals surface area contributed by atoms with E-state index in [0.29, 0.717) is 11.2 Å². The fraction of sp³-hybridized carbons (Fsp3) is 0.667. The fourth-order valence-corrected chi connectivity index (χ4v) is 2.27. The minimum Gasteiger partial charge on any atom is -0.367 e. The Morgan fingerprint density at radius 2 is 2.25 bits per heavy atom. The van der Waals surface area contributed by atoms with Gasteiger partial charge in [-0.05, 0) is 18.8 Å². The van der Waals surface area contributed by atoms with Crippen molar-refractivity contribution in [2.24, 2.45) is 5.92 Å². The van der Waals surface area contributed by atoms with Crippen molar-refractivity contribution in [2.45, 2.75) is 45.6 Å². The molecule has 0 saturated heterocycles. The first kappa shape index (κ1) is 11.6. The van der Waals surface area contributed by atoms with E-state index in [1.54, 1.807) is 0 Å². The van der Waals surface area contributed by atoms with Crippen LogP contribution in [0.25, 0.3) is 0 Å². The quantitative estimate of drug-likeness (QED) is 0.802. The first-order valence-electron chi connectivity index (χ1n) is 6.02. The van der Waals surface area contributed by atoms with E-state index in [2.05, 4.69) is 29.1 Å². The highest BCUT2D eigenvalue weighted by molar-refractivity contribution is 6.30. The molecule has 4 heteroatoms. The molecule has 1 aliphatic rings. The van der Waals surface area contributed by atoms with Crippen LogP contribution < -0.4 is 5.32 Å². The van der Waals surface area contributed by atoms with E-state index in [1.807, 2.05) is 0 Å². The Balaban J connectivity index is 2.10. The Hall–Kier alpha value is -0.830. The molecule has 0 amide bonds. The van der Waals surface area contributed by atoms with E-state index in [9.17, 15) is 0 Å². The summed E-state index contributed by atoms with van der Waals surface area (Å²) in [6.07, 6.45) is 6.02. The smallest absolute Gasteiger partial charge is 0.137 e. The molecule has 1 N–H and O–H groups in total. The number of hydrogen-bond donors (Lipinski definition) is 1. The molecule has 0 aromatic carbocycles. The largest absolute Gasteiger partial charge is 0.367 e. The summed E-state index contributed by atoms with van der Waals surface area (Å²) in [5.74, 6) is 1.74. The molecule has 0 aliphatic heterocycles. The van der Waals surface area contributed by atoms with Gasteiger partial charge in [-0.15, -0.1) is 0 Å². The Labute approximate surface area is 102 Å². The summed E-state index contributed by atoms with van der Waals surface area (Å²) in [5.41, 5.74) is 1.06. The van der Waals surface area contributed by atoms with Gasteiger partial charge in [0.15, 0.2) is 0 Å². The molecule has 2 rings (SSSR count). The van der Waals surface area contributed by atoms with Crippen LogP contribution >= 0.6 is 11.6 Å². The van der Waals surface area contributed by atoms with Gasteiger partial charge in [0.2, 0.25) is 0 Å². The Morgan fingerprint density at radius 1 is 1.44 bits per heavy atom. The minimum atomic E-state index is 0.589. The lowest BCUT2D eigenvalue weighted by atomic mass is 10.2. The summed E-state index contributed by atoms with van der Waals surface area (Å²) >= 11 is 6.09. The third-order valence-corrected chi connectivity index (χ3v) is 3.49. The summed E-state index contributed by atoms with van der Waals surface area (Å²) in [7, 11) is 0. The van der Waals surface area contributed by atoms with E-state index >= 15 is 0 Å². The maximum atomic E-state index is 6.09. The van der Waals surface area contributed by atoms with Gasteiger partial charge < -0.3 is 5.32 Å². The molecule has 1 aliphatic carbocycles. The molecular weight excluding hydrogens is 222 g/mol. The summed E-state index contributed by atoms with van der Waals surface area (Å²) in [4.78, 5) is 8.34. The van der Waals surface area contributed by atoms with E-state index < -0.39 is 0 Å². The van der Waals surface area contributed by atoms with Gasteiger partial charge in [0.25, 0.3) is 0 Å². The second-order valence-electron chi connectivity index (χ2n) is 4.40. The molecule has 16 heavy (non-hydrogen) atoms. The molecule has 1 heterocycles. The lowest BCUT2D eigenvalue weighted by Crippen LogP contribution is -2.09. The van der Waals surface area contributed by atoms with Crippen molar-refractivity contribution in [1.29, 1.82) is 0 Å². The number of nitrogens with zero attached hydrogens (tertiary/aromatic N) is 2. The van der Waals surface area contributed by atoms with Crippen molar-refractivity contribution in [2.75, 3.05) is 5.32 Å². The van der Waals surface area contributed by atoms with Crippen LogP contribution in [0.4, 0.5) is 5.82 Å². The van der Waals surface area contributed by atoms with Crippen LogP contribution in [0.5, 0.6) is 0 Å².